The topological polar surface area (TPSA) is 53.5 Å². The number of pyridine rings is 1. The number of aromatic nitrogens is 1. The first kappa shape index (κ1) is 19.6. The number of piperazine rings is 1. The van der Waals surface area contributed by atoms with Gasteiger partial charge in [0.15, 0.2) is 0 Å². The maximum absolute atomic E-state index is 13.2. The maximum Gasteiger partial charge on any atom is 0.245 e. The third-order valence-corrected chi connectivity index (χ3v) is 7.60. The summed E-state index contributed by atoms with van der Waals surface area (Å²) in [7, 11) is -3.59. The van der Waals surface area contributed by atoms with Crippen molar-refractivity contribution in [2.24, 2.45) is 0 Å². The highest BCUT2D eigenvalue weighted by Gasteiger charge is 2.30. The lowest BCUT2D eigenvalue weighted by molar-refractivity contribution is 0.181. The first-order chi connectivity index (χ1) is 13.4. The van der Waals surface area contributed by atoms with Crippen LogP contribution in [0.3, 0.4) is 0 Å². The molecular weight excluding hydrogens is 417 g/mol. The number of hydrogen-bond acceptors (Lipinski definition) is 4. The Kier molecular flexibility index (Phi) is 5.58. The van der Waals surface area contributed by atoms with Gasteiger partial charge in [0.1, 0.15) is 4.90 Å². The van der Waals surface area contributed by atoms with Crippen molar-refractivity contribution in [2.75, 3.05) is 26.2 Å². The second kappa shape index (κ2) is 7.97. The fourth-order valence-corrected chi connectivity index (χ4v) is 5.36. The molecule has 4 rings (SSSR count). The lowest BCUT2D eigenvalue weighted by Crippen LogP contribution is -2.48. The van der Waals surface area contributed by atoms with Crippen molar-refractivity contribution >= 4 is 44.1 Å². The Labute approximate surface area is 174 Å². The first-order valence-electron chi connectivity index (χ1n) is 8.95. The van der Waals surface area contributed by atoms with Gasteiger partial charge in [0.05, 0.1) is 15.6 Å². The highest BCUT2D eigenvalue weighted by Crippen LogP contribution is 2.26. The molecule has 0 radical (unpaired) electrons. The highest BCUT2D eigenvalue weighted by molar-refractivity contribution is 7.89. The zero-order valence-corrected chi connectivity index (χ0v) is 17.4. The van der Waals surface area contributed by atoms with Crippen LogP contribution < -0.4 is 0 Å². The van der Waals surface area contributed by atoms with E-state index in [1.54, 1.807) is 34.8 Å². The summed E-state index contributed by atoms with van der Waals surface area (Å²) in [4.78, 5) is 6.77. The van der Waals surface area contributed by atoms with E-state index < -0.39 is 10.0 Å². The Morgan fingerprint density at radius 1 is 0.929 bits per heavy atom. The van der Waals surface area contributed by atoms with Crippen LogP contribution in [0.5, 0.6) is 0 Å². The summed E-state index contributed by atoms with van der Waals surface area (Å²) in [6.45, 7) is 2.88. The lowest BCUT2D eigenvalue weighted by Gasteiger charge is -2.34. The van der Waals surface area contributed by atoms with Crippen molar-refractivity contribution in [1.82, 2.24) is 14.2 Å². The Hall–Kier alpha value is -1.70. The molecular formula is C20H19Cl2N3O2S. The predicted molar refractivity (Wildman–Crippen MR) is 112 cm³/mol. The Morgan fingerprint density at radius 3 is 2.43 bits per heavy atom. The molecule has 2 heterocycles. The van der Waals surface area contributed by atoms with Gasteiger partial charge in [-0.2, -0.15) is 4.31 Å². The highest BCUT2D eigenvalue weighted by atomic mass is 35.5. The molecule has 1 aliphatic rings. The second-order valence-corrected chi connectivity index (χ2v) is 9.48. The number of hydrogen-bond donors (Lipinski definition) is 0. The van der Waals surface area contributed by atoms with Crippen molar-refractivity contribution in [3.63, 3.8) is 0 Å². The first-order valence-corrected chi connectivity index (χ1v) is 11.1. The van der Waals surface area contributed by atoms with Crippen molar-refractivity contribution < 1.29 is 8.42 Å². The van der Waals surface area contributed by atoms with Gasteiger partial charge in [-0.05, 0) is 29.8 Å². The predicted octanol–water partition coefficient (Wildman–Crippen LogP) is 4.05. The van der Waals surface area contributed by atoms with Gasteiger partial charge < -0.3 is 0 Å². The smallest absolute Gasteiger partial charge is 0.245 e. The largest absolute Gasteiger partial charge is 0.296 e. The van der Waals surface area contributed by atoms with Crippen molar-refractivity contribution in [3.05, 3.63) is 70.3 Å². The van der Waals surface area contributed by atoms with Gasteiger partial charge in [-0.25, -0.2) is 8.42 Å². The molecule has 0 N–H and O–H groups in total. The summed E-state index contributed by atoms with van der Waals surface area (Å²) < 4.78 is 27.9. The van der Waals surface area contributed by atoms with Crippen LogP contribution in [0.25, 0.3) is 10.9 Å². The minimum atomic E-state index is -3.59. The molecule has 8 heteroatoms. The van der Waals surface area contributed by atoms with Gasteiger partial charge in [-0.1, -0.05) is 47.5 Å². The quantitative estimate of drug-likeness (QED) is 0.620. The summed E-state index contributed by atoms with van der Waals surface area (Å²) in [6.07, 6.45) is 1.62. The summed E-state index contributed by atoms with van der Waals surface area (Å²) in [5.74, 6) is 0. The average molecular weight is 436 g/mol. The standard InChI is InChI=1S/C20H19Cl2N3O2S/c21-17-7-6-15(13-18(17)22)14-24-9-11-25(12-10-24)28(26,27)19-5-1-3-16-4-2-8-23-20(16)19/h1-8,13H,9-12,14H2. The van der Waals surface area contributed by atoms with E-state index in [4.69, 9.17) is 23.2 Å². The molecule has 0 saturated carbocycles. The minimum Gasteiger partial charge on any atom is -0.296 e. The molecule has 146 valence electrons. The van der Waals surface area contributed by atoms with Crippen LogP contribution >= 0.6 is 23.2 Å². The molecule has 1 aromatic heterocycles. The molecule has 1 aliphatic heterocycles. The molecule has 5 nitrogen and oxygen atoms in total. The minimum absolute atomic E-state index is 0.267. The third kappa shape index (κ3) is 3.88. The molecule has 1 saturated heterocycles. The van der Waals surface area contributed by atoms with Crippen molar-refractivity contribution in [3.8, 4) is 0 Å². The molecule has 0 unspecified atom stereocenters. The number of benzene rings is 2. The molecule has 28 heavy (non-hydrogen) atoms. The van der Waals surface area contributed by atoms with E-state index in [1.807, 2.05) is 24.3 Å². The van der Waals surface area contributed by atoms with Crippen LogP contribution in [0.15, 0.2) is 59.6 Å². The summed E-state index contributed by atoms with van der Waals surface area (Å²) >= 11 is 12.1. The van der Waals surface area contributed by atoms with Crippen LogP contribution in [-0.2, 0) is 16.6 Å². The van der Waals surface area contributed by atoms with E-state index in [0.717, 1.165) is 10.9 Å². The van der Waals surface area contributed by atoms with Gasteiger partial charge in [0.2, 0.25) is 10.0 Å². The third-order valence-electron chi connectivity index (χ3n) is 4.93. The summed E-state index contributed by atoms with van der Waals surface area (Å²) in [5.41, 5.74) is 1.58. The SMILES string of the molecule is O=S(=O)(c1cccc2cccnc12)N1CCN(Cc2ccc(Cl)c(Cl)c2)CC1. The molecule has 3 aromatic rings. The van der Waals surface area contributed by atoms with Gasteiger partial charge in [0, 0.05) is 44.3 Å². The molecule has 0 atom stereocenters. The van der Waals surface area contributed by atoms with E-state index in [1.165, 1.54) is 0 Å². The molecule has 1 fully saturated rings. The van der Waals surface area contributed by atoms with Gasteiger partial charge in [-0.15, -0.1) is 0 Å². The van der Waals surface area contributed by atoms with Crippen LogP contribution in [0.4, 0.5) is 0 Å². The monoisotopic (exact) mass is 435 g/mol. The number of nitrogens with zero attached hydrogens (tertiary/aromatic N) is 3. The molecule has 0 bridgehead atoms. The average Bonchev–Trinajstić information content (AvgIpc) is 2.71. The molecule has 2 aromatic carbocycles. The van der Waals surface area contributed by atoms with Crippen molar-refractivity contribution in [1.29, 1.82) is 0 Å². The van der Waals surface area contributed by atoms with Crippen LogP contribution in [0.2, 0.25) is 10.0 Å². The van der Waals surface area contributed by atoms with E-state index in [-0.39, 0.29) is 4.90 Å². The van der Waals surface area contributed by atoms with Crippen LogP contribution in [0.1, 0.15) is 5.56 Å². The Balaban J connectivity index is 1.49. The van der Waals surface area contributed by atoms with Gasteiger partial charge in [-0.3, -0.25) is 9.88 Å². The molecule has 0 amide bonds. The van der Waals surface area contributed by atoms with Gasteiger partial charge >= 0.3 is 0 Å². The van der Waals surface area contributed by atoms with E-state index >= 15 is 0 Å². The maximum atomic E-state index is 13.2. The van der Waals surface area contributed by atoms with Crippen LogP contribution in [-0.4, -0.2) is 48.8 Å². The zero-order valence-electron chi connectivity index (χ0n) is 15.1. The zero-order chi connectivity index (χ0) is 19.7. The fraction of sp³-hybridized carbons (Fsp3) is 0.250. The van der Waals surface area contributed by atoms with Crippen LogP contribution in [0, 0.1) is 0 Å². The normalized spacial score (nSPS) is 16.5. The van der Waals surface area contributed by atoms with E-state index in [0.29, 0.717) is 48.3 Å². The summed E-state index contributed by atoms with van der Waals surface area (Å²) in [6, 6.07) is 14.5. The van der Waals surface area contributed by atoms with Gasteiger partial charge in [0.25, 0.3) is 0 Å². The number of halogens is 2. The number of sulfonamides is 1. The fourth-order valence-electron chi connectivity index (χ4n) is 3.45. The van der Waals surface area contributed by atoms with E-state index in [2.05, 4.69) is 9.88 Å². The number of rotatable bonds is 4. The Morgan fingerprint density at radius 2 is 1.68 bits per heavy atom. The second-order valence-electron chi connectivity index (χ2n) is 6.76. The molecule has 0 spiro atoms. The lowest BCUT2D eigenvalue weighted by atomic mass is 10.2. The molecule has 0 aliphatic carbocycles. The summed E-state index contributed by atoms with van der Waals surface area (Å²) in [5, 5.41) is 1.88. The number of para-hydroxylation sites is 1. The van der Waals surface area contributed by atoms with Crippen molar-refractivity contribution in [2.45, 2.75) is 11.4 Å². The number of fused-ring (bicyclic) bond motifs is 1. The Bertz CT molecular complexity index is 1110. The van der Waals surface area contributed by atoms with E-state index in [9.17, 15) is 8.42 Å².